The highest BCUT2D eigenvalue weighted by molar-refractivity contribution is 5.99. The minimum Gasteiger partial charge on any atom is -0.369 e. The Kier molecular flexibility index (Phi) is 3.64. The number of benzene rings is 1. The molecular weight excluding hydrogens is 271 g/mol. The zero-order chi connectivity index (χ0) is 15.1. The van der Waals surface area contributed by atoms with Crippen molar-refractivity contribution in [1.82, 2.24) is 0 Å². The summed E-state index contributed by atoms with van der Waals surface area (Å²) in [5, 5.41) is 0. The van der Waals surface area contributed by atoms with Gasteiger partial charge in [-0.05, 0) is 24.1 Å². The maximum atomic E-state index is 12.7. The third kappa shape index (κ3) is 2.72. The maximum Gasteiger partial charge on any atom is 0.416 e. The molecule has 1 fully saturated rings. The van der Waals surface area contributed by atoms with Gasteiger partial charge in [0.1, 0.15) is 0 Å². The SMILES string of the molecule is CC1CN(c2ccc(C(F)(F)F)cc2C(N)=O)CC1N. The van der Waals surface area contributed by atoms with Crippen molar-refractivity contribution in [3.05, 3.63) is 29.3 Å². The third-order valence-corrected chi connectivity index (χ3v) is 3.60. The summed E-state index contributed by atoms with van der Waals surface area (Å²) < 4.78 is 38.0. The predicted molar refractivity (Wildman–Crippen MR) is 69.3 cm³/mol. The van der Waals surface area contributed by atoms with E-state index >= 15 is 0 Å². The van der Waals surface area contributed by atoms with Gasteiger partial charge in [0.2, 0.25) is 0 Å². The van der Waals surface area contributed by atoms with Crippen molar-refractivity contribution < 1.29 is 18.0 Å². The van der Waals surface area contributed by atoms with Crippen LogP contribution in [0.1, 0.15) is 22.8 Å². The summed E-state index contributed by atoms with van der Waals surface area (Å²) in [5.41, 5.74) is 10.5. The lowest BCUT2D eigenvalue weighted by atomic mass is 10.1. The monoisotopic (exact) mass is 287 g/mol. The Balaban J connectivity index is 2.41. The van der Waals surface area contributed by atoms with Gasteiger partial charge in [-0.15, -0.1) is 0 Å². The Labute approximate surface area is 114 Å². The van der Waals surface area contributed by atoms with E-state index in [1.54, 1.807) is 4.90 Å². The number of alkyl halides is 3. The summed E-state index contributed by atoms with van der Waals surface area (Å²) >= 11 is 0. The smallest absolute Gasteiger partial charge is 0.369 e. The van der Waals surface area contributed by atoms with Crippen LogP contribution in [0.5, 0.6) is 0 Å². The Morgan fingerprint density at radius 2 is 2.00 bits per heavy atom. The van der Waals surface area contributed by atoms with Gasteiger partial charge in [0.25, 0.3) is 5.91 Å². The van der Waals surface area contributed by atoms with E-state index in [0.717, 1.165) is 12.1 Å². The highest BCUT2D eigenvalue weighted by Crippen LogP contribution is 2.34. The molecule has 1 aliphatic rings. The van der Waals surface area contributed by atoms with Crippen LogP contribution < -0.4 is 16.4 Å². The zero-order valence-corrected chi connectivity index (χ0v) is 10.9. The average Bonchev–Trinajstić information content (AvgIpc) is 2.67. The fourth-order valence-corrected chi connectivity index (χ4v) is 2.37. The molecule has 2 unspecified atom stereocenters. The van der Waals surface area contributed by atoms with Crippen molar-refractivity contribution in [2.45, 2.75) is 19.1 Å². The van der Waals surface area contributed by atoms with Crippen LogP contribution in [0.4, 0.5) is 18.9 Å². The number of nitrogens with two attached hydrogens (primary N) is 2. The van der Waals surface area contributed by atoms with E-state index in [-0.39, 0.29) is 17.5 Å². The first-order valence-corrected chi connectivity index (χ1v) is 6.21. The second-order valence-electron chi connectivity index (χ2n) is 5.14. The van der Waals surface area contributed by atoms with E-state index in [1.165, 1.54) is 6.07 Å². The Hall–Kier alpha value is -1.76. The lowest BCUT2D eigenvalue weighted by Crippen LogP contribution is -2.29. The van der Waals surface area contributed by atoms with Gasteiger partial charge in [-0.2, -0.15) is 13.2 Å². The molecule has 1 saturated heterocycles. The molecule has 20 heavy (non-hydrogen) atoms. The van der Waals surface area contributed by atoms with Crippen molar-refractivity contribution in [1.29, 1.82) is 0 Å². The molecule has 4 N–H and O–H groups in total. The number of primary amides is 1. The summed E-state index contributed by atoms with van der Waals surface area (Å²) in [6.07, 6.45) is -4.50. The van der Waals surface area contributed by atoms with Crippen LogP contribution in [-0.2, 0) is 6.18 Å². The topological polar surface area (TPSA) is 72.3 Å². The largest absolute Gasteiger partial charge is 0.416 e. The van der Waals surface area contributed by atoms with Crippen molar-refractivity contribution >= 4 is 11.6 Å². The molecule has 0 saturated carbocycles. The van der Waals surface area contributed by atoms with Gasteiger partial charge in [-0.25, -0.2) is 0 Å². The normalized spacial score (nSPS) is 23.1. The molecule has 1 aromatic carbocycles. The second kappa shape index (κ2) is 4.97. The van der Waals surface area contributed by atoms with Crippen LogP contribution in [0.2, 0.25) is 0 Å². The number of nitrogens with zero attached hydrogens (tertiary/aromatic N) is 1. The number of carbonyl (C=O) groups excluding carboxylic acids is 1. The molecule has 1 heterocycles. The number of anilines is 1. The first kappa shape index (κ1) is 14.6. The van der Waals surface area contributed by atoms with Gasteiger partial charge < -0.3 is 16.4 Å². The molecule has 0 aromatic heterocycles. The molecule has 0 spiro atoms. The molecule has 0 radical (unpaired) electrons. The molecule has 1 aliphatic heterocycles. The van der Waals surface area contributed by atoms with Crippen molar-refractivity contribution in [3.8, 4) is 0 Å². The van der Waals surface area contributed by atoms with Crippen LogP contribution >= 0.6 is 0 Å². The second-order valence-corrected chi connectivity index (χ2v) is 5.14. The summed E-state index contributed by atoms with van der Waals surface area (Å²) in [5.74, 6) is -0.669. The number of amides is 1. The van der Waals surface area contributed by atoms with E-state index in [4.69, 9.17) is 11.5 Å². The number of hydrogen-bond donors (Lipinski definition) is 2. The Morgan fingerprint density at radius 3 is 2.45 bits per heavy atom. The molecule has 0 aliphatic carbocycles. The van der Waals surface area contributed by atoms with Crippen LogP contribution in [-0.4, -0.2) is 25.0 Å². The first-order valence-electron chi connectivity index (χ1n) is 6.21. The Morgan fingerprint density at radius 1 is 1.35 bits per heavy atom. The quantitative estimate of drug-likeness (QED) is 0.867. The lowest BCUT2D eigenvalue weighted by molar-refractivity contribution is -0.137. The molecule has 2 atom stereocenters. The summed E-state index contributed by atoms with van der Waals surface area (Å²) in [6.45, 7) is 3.04. The average molecular weight is 287 g/mol. The van der Waals surface area contributed by atoms with Crippen molar-refractivity contribution in [2.75, 3.05) is 18.0 Å². The van der Waals surface area contributed by atoms with E-state index in [9.17, 15) is 18.0 Å². The molecule has 1 aromatic rings. The lowest BCUT2D eigenvalue weighted by Gasteiger charge is -2.21. The maximum absolute atomic E-state index is 12.7. The standard InChI is InChI=1S/C13H16F3N3O/c1-7-5-19(6-10(7)17)11-3-2-8(13(14,15)16)4-9(11)12(18)20/h2-4,7,10H,5-6,17H2,1H3,(H2,18,20). The predicted octanol–water partition coefficient (Wildman–Crippen LogP) is 1.59. The highest BCUT2D eigenvalue weighted by Gasteiger charge is 2.33. The summed E-state index contributed by atoms with van der Waals surface area (Å²) in [6, 6.07) is 2.97. The number of hydrogen-bond acceptors (Lipinski definition) is 3. The first-order chi connectivity index (χ1) is 9.20. The van der Waals surface area contributed by atoms with Crippen LogP contribution in [0.25, 0.3) is 0 Å². The highest BCUT2D eigenvalue weighted by atomic mass is 19.4. The fraction of sp³-hybridized carbons (Fsp3) is 0.462. The molecule has 110 valence electrons. The van der Waals surface area contributed by atoms with Gasteiger partial charge in [0.15, 0.2) is 0 Å². The van der Waals surface area contributed by atoms with E-state index in [1.807, 2.05) is 6.92 Å². The minimum absolute atomic E-state index is 0.0713. The summed E-state index contributed by atoms with van der Waals surface area (Å²) in [4.78, 5) is 13.2. The van der Waals surface area contributed by atoms with Crippen molar-refractivity contribution in [3.63, 3.8) is 0 Å². The van der Waals surface area contributed by atoms with Crippen molar-refractivity contribution in [2.24, 2.45) is 17.4 Å². The van der Waals surface area contributed by atoms with Gasteiger partial charge in [0.05, 0.1) is 11.1 Å². The molecule has 2 rings (SSSR count). The van der Waals surface area contributed by atoms with E-state index in [0.29, 0.717) is 18.8 Å². The number of rotatable bonds is 2. The zero-order valence-electron chi connectivity index (χ0n) is 10.9. The Bertz CT molecular complexity index is 520. The van der Waals surface area contributed by atoms with E-state index < -0.39 is 17.6 Å². The molecular formula is C13H16F3N3O. The number of carbonyl (C=O) groups is 1. The van der Waals surface area contributed by atoms with Crippen LogP contribution in [0.3, 0.4) is 0 Å². The number of halogens is 3. The molecule has 4 nitrogen and oxygen atoms in total. The van der Waals surface area contributed by atoms with Gasteiger partial charge in [-0.1, -0.05) is 6.92 Å². The molecule has 7 heteroatoms. The summed E-state index contributed by atoms with van der Waals surface area (Å²) in [7, 11) is 0. The molecule has 0 bridgehead atoms. The van der Waals surface area contributed by atoms with Crippen LogP contribution in [0, 0.1) is 5.92 Å². The fourth-order valence-electron chi connectivity index (χ4n) is 2.37. The van der Waals surface area contributed by atoms with Gasteiger partial charge >= 0.3 is 6.18 Å². The molecule has 1 amide bonds. The van der Waals surface area contributed by atoms with E-state index in [2.05, 4.69) is 0 Å². The van der Waals surface area contributed by atoms with Gasteiger partial charge in [0, 0.05) is 24.8 Å². The minimum atomic E-state index is -4.50. The van der Waals surface area contributed by atoms with Gasteiger partial charge in [-0.3, -0.25) is 4.79 Å². The third-order valence-electron chi connectivity index (χ3n) is 3.60. The van der Waals surface area contributed by atoms with Crippen LogP contribution in [0.15, 0.2) is 18.2 Å².